The van der Waals surface area contributed by atoms with Gasteiger partial charge >= 0.3 is 0 Å². The van der Waals surface area contributed by atoms with Crippen molar-refractivity contribution in [2.75, 3.05) is 0 Å². The lowest BCUT2D eigenvalue weighted by molar-refractivity contribution is 0.112. The molecule has 3 heteroatoms. The Morgan fingerprint density at radius 3 is 2.44 bits per heavy atom. The van der Waals surface area contributed by atoms with Crippen LogP contribution in [0.4, 0.5) is 4.39 Å². The van der Waals surface area contributed by atoms with Gasteiger partial charge in [-0.25, -0.2) is 4.39 Å². The number of aryl methyl sites for hydroxylation is 2. The van der Waals surface area contributed by atoms with E-state index in [0.717, 1.165) is 11.1 Å². The first-order valence-electron chi connectivity index (χ1n) is 5.55. The molecule has 0 heterocycles. The number of halogens is 2. The average Bonchev–Trinajstić information content (AvgIpc) is 2.29. The maximum Gasteiger partial charge on any atom is 0.150 e. The van der Waals surface area contributed by atoms with Crippen LogP contribution in [-0.4, -0.2) is 6.29 Å². The normalized spacial score (nSPS) is 10.4. The number of carbonyl (C=O) groups is 1. The first-order chi connectivity index (χ1) is 8.52. The molecular formula is C15H12ClFO. The van der Waals surface area contributed by atoms with E-state index < -0.39 is 0 Å². The number of hydrogen-bond donors (Lipinski definition) is 0. The van der Waals surface area contributed by atoms with Gasteiger partial charge in [0, 0.05) is 21.7 Å². The summed E-state index contributed by atoms with van der Waals surface area (Å²) >= 11 is 6.10. The maximum absolute atomic E-state index is 14.0. The Morgan fingerprint density at radius 2 is 1.89 bits per heavy atom. The Labute approximate surface area is 110 Å². The van der Waals surface area contributed by atoms with E-state index in [1.54, 1.807) is 18.2 Å². The Bertz CT molecular complexity index is 597. The molecule has 2 rings (SSSR count). The summed E-state index contributed by atoms with van der Waals surface area (Å²) in [7, 11) is 0. The van der Waals surface area contributed by atoms with Crippen LogP contribution in [0.2, 0.25) is 5.02 Å². The zero-order chi connectivity index (χ0) is 13.3. The van der Waals surface area contributed by atoms with Crippen molar-refractivity contribution in [1.29, 1.82) is 0 Å². The minimum absolute atomic E-state index is 0.298. The molecule has 0 aliphatic carbocycles. The van der Waals surface area contributed by atoms with Gasteiger partial charge in [-0.3, -0.25) is 4.79 Å². The van der Waals surface area contributed by atoms with Crippen molar-refractivity contribution in [2.24, 2.45) is 0 Å². The highest BCUT2D eigenvalue weighted by molar-refractivity contribution is 6.33. The summed E-state index contributed by atoms with van der Waals surface area (Å²) in [5.74, 6) is -0.298. The van der Waals surface area contributed by atoms with Gasteiger partial charge in [0.25, 0.3) is 0 Å². The van der Waals surface area contributed by atoms with Crippen molar-refractivity contribution in [2.45, 2.75) is 13.8 Å². The molecule has 1 nitrogen and oxygen atoms in total. The summed E-state index contributed by atoms with van der Waals surface area (Å²) < 4.78 is 14.0. The van der Waals surface area contributed by atoms with E-state index in [4.69, 9.17) is 11.6 Å². The number of aldehydes is 1. The molecule has 0 unspecified atom stereocenters. The molecule has 0 atom stereocenters. The molecule has 0 fully saturated rings. The second kappa shape index (κ2) is 4.91. The zero-order valence-corrected chi connectivity index (χ0v) is 10.9. The van der Waals surface area contributed by atoms with Gasteiger partial charge < -0.3 is 0 Å². The first kappa shape index (κ1) is 12.8. The monoisotopic (exact) mass is 262 g/mol. The molecule has 0 saturated heterocycles. The summed E-state index contributed by atoms with van der Waals surface area (Å²) in [5.41, 5.74) is 3.27. The van der Waals surface area contributed by atoms with Crippen LogP contribution in [0.15, 0.2) is 30.3 Å². The van der Waals surface area contributed by atoms with E-state index in [9.17, 15) is 9.18 Å². The van der Waals surface area contributed by atoms with Crippen LogP contribution in [0.1, 0.15) is 21.5 Å². The van der Waals surface area contributed by atoms with Gasteiger partial charge in [0.05, 0.1) is 0 Å². The molecular weight excluding hydrogens is 251 g/mol. The smallest absolute Gasteiger partial charge is 0.150 e. The Balaban J connectivity index is 2.66. The van der Waals surface area contributed by atoms with Crippen molar-refractivity contribution < 1.29 is 9.18 Å². The molecule has 0 spiro atoms. The molecule has 0 aromatic heterocycles. The predicted octanol–water partition coefficient (Wildman–Crippen LogP) is 4.58. The third-order valence-electron chi connectivity index (χ3n) is 2.83. The second-order valence-electron chi connectivity index (χ2n) is 4.30. The third-order valence-corrected chi connectivity index (χ3v) is 3.14. The quantitative estimate of drug-likeness (QED) is 0.724. The van der Waals surface area contributed by atoms with Gasteiger partial charge in [0.1, 0.15) is 12.1 Å². The van der Waals surface area contributed by atoms with E-state index >= 15 is 0 Å². The van der Waals surface area contributed by atoms with Gasteiger partial charge in [-0.15, -0.1) is 0 Å². The van der Waals surface area contributed by atoms with E-state index in [-0.39, 0.29) is 5.82 Å². The summed E-state index contributed by atoms with van der Waals surface area (Å²) in [6.07, 6.45) is 0.716. The molecule has 2 aromatic rings. The molecule has 0 radical (unpaired) electrons. The van der Waals surface area contributed by atoms with Crippen molar-refractivity contribution >= 4 is 17.9 Å². The largest absolute Gasteiger partial charge is 0.298 e. The van der Waals surface area contributed by atoms with E-state index in [0.29, 0.717) is 28.0 Å². The lowest BCUT2D eigenvalue weighted by Crippen LogP contribution is -1.92. The summed E-state index contributed by atoms with van der Waals surface area (Å²) in [4.78, 5) is 10.7. The zero-order valence-electron chi connectivity index (χ0n) is 10.1. The molecule has 0 amide bonds. The van der Waals surface area contributed by atoms with E-state index in [2.05, 4.69) is 0 Å². The molecule has 0 saturated carbocycles. The van der Waals surface area contributed by atoms with Crippen molar-refractivity contribution in [3.8, 4) is 11.1 Å². The summed E-state index contributed by atoms with van der Waals surface area (Å²) in [6, 6.07) is 8.23. The van der Waals surface area contributed by atoms with Crippen LogP contribution in [0.3, 0.4) is 0 Å². The van der Waals surface area contributed by atoms with Crippen LogP contribution < -0.4 is 0 Å². The lowest BCUT2D eigenvalue weighted by atomic mass is 9.97. The summed E-state index contributed by atoms with van der Waals surface area (Å²) in [5, 5.41) is 0.380. The van der Waals surface area contributed by atoms with Crippen LogP contribution >= 0.6 is 11.6 Å². The van der Waals surface area contributed by atoms with Gasteiger partial charge in [-0.1, -0.05) is 29.8 Å². The van der Waals surface area contributed by atoms with Crippen molar-refractivity contribution in [3.05, 3.63) is 57.9 Å². The first-order valence-corrected chi connectivity index (χ1v) is 5.92. The number of carbonyl (C=O) groups excluding carboxylic acids is 1. The lowest BCUT2D eigenvalue weighted by Gasteiger charge is -2.11. The highest BCUT2D eigenvalue weighted by Crippen LogP contribution is 2.33. The van der Waals surface area contributed by atoms with Crippen LogP contribution in [0.25, 0.3) is 11.1 Å². The highest BCUT2D eigenvalue weighted by atomic mass is 35.5. The summed E-state index contributed by atoms with van der Waals surface area (Å²) in [6.45, 7) is 3.69. The third kappa shape index (κ3) is 2.29. The molecule has 18 heavy (non-hydrogen) atoms. The molecule has 2 aromatic carbocycles. The fourth-order valence-electron chi connectivity index (χ4n) is 2.06. The SMILES string of the molecule is Cc1cc(C)c(-c2ccc(C=O)cc2Cl)c(F)c1. The highest BCUT2D eigenvalue weighted by Gasteiger charge is 2.12. The van der Waals surface area contributed by atoms with Gasteiger partial charge in [0.2, 0.25) is 0 Å². The van der Waals surface area contributed by atoms with Crippen LogP contribution in [0, 0.1) is 19.7 Å². The Kier molecular flexibility index (Phi) is 3.48. The molecule has 0 N–H and O–H groups in total. The Hall–Kier alpha value is -1.67. The number of hydrogen-bond acceptors (Lipinski definition) is 1. The average molecular weight is 263 g/mol. The minimum atomic E-state index is -0.298. The molecule has 0 bridgehead atoms. The van der Waals surface area contributed by atoms with E-state index in [1.807, 2.05) is 19.9 Å². The number of rotatable bonds is 2. The number of benzene rings is 2. The van der Waals surface area contributed by atoms with Gasteiger partial charge in [-0.2, -0.15) is 0 Å². The topological polar surface area (TPSA) is 17.1 Å². The fraction of sp³-hybridized carbons (Fsp3) is 0.133. The van der Waals surface area contributed by atoms with Crippen LogP contribution in [0.5, 0.6) is 0 Å². The van der Waals surface area contributed by atoms with Gasteiger partial charge in [-0.05, 0) is 37.1 Å². The maximum atomic E-state index is 14.0. The van der Waals surface area contributed by atoms with Gasteiger partial charge in [0.15, 0.2) is 0 Å². The molecule has 92 valence electrons. The van der Waals surface area contributed by atoms with E-state index in [1.165, 1.54) is 6.07 Å². The van der Waals surface area contributed by atoms with Crippen LogP contribution in [-0.2, 0) is 0 Å². The minimum Gasteiger partial charge on any atom is -0.298 e. The molecule has 0 aliphatic rings. The predicted molar refractivity (Wildman–Crippen MR) is 71.7 cm³/mol. The standard InChI is InChI=1S/C15H12ClFO/c1-9-5-10(2)15(14(17)6-9)12-4-3-11(8-18)7-13(12)16/h3-8H,1-2H3. The molecule has 0 aliphatic heterocycles. The second-order valence-corrected chi connectivity index (χ2v) is 4.70. The Morgan fingerprint density at radius 1 is 1.17 bits per heavy atom. The van der Waals surface area contributed by atoms with Crippen molar-refractivity contribution in [3.63, 3.8) is 0 Å². The fourth-order valence-corrected chi connectivity index (χ4v) is 2.35. The van der Waals surface area contributed by atoms with Crippen molar-refractivity contribution in [1.82, 2.24) is 0 Å².